The van der Waals surface area contributed by atoms with Crippen molar-refractivity contribution < 1.29 is 19.0 Å². The van der Waals surface area contributed by atoms with Crippen LogP contribution in [-0.4, -0.2) is 44.3 Å². The molecule has 6 atom stereocenters. The van der Waals surface area contributed by atoms with Crippen LogP contribution in [0.25, 0.3) is 0 Å². The number of rotatable bonds is 4. The first-order valence-corrected chi connectivity index (χ1v) is 12.2. The number of nitrogens with zero attached hydrogens (tertiary/aromatic N) is 1. The van der Waals surface area contributed by atoms with Gasteiger partial charge in [0.25, 0.3) is 0 Å². The largest absolute Gasteiger partial charge is 0.493 e. The van der Waals surface area contributed by atoms with Crippen LogP contribution in [0.1, 0.15) is 63.1 Å². The fourth-order valence-electron chi connectivity index (χ4n) is 7.16. The molecule has 0 unspecified atom stereocenters. The van der Waals surface area contributed by atoms with Crippen LogP contribution in [0.5, 0.6) is 11.5 Å². The molecule has 0 amide bonds. The molecule has 174 valence electrons. The molecule has 2 aliphatic carbocycles. The van der Waals surface area contributed by atoms with E-state index in [0.29, 0.717) is 11.8 Å². The zero-order valence-electron chi connectivity index (χ0n) is 20.0. The molecule has 0 spiro atoms. The van der Waals surface area contributed by atoms with Gasteiger partial charge in [-0.15, -0.1) is 0 Å². The summed E-state index contributed by atoms with van der Waals surface area (Å²) in [6.07, 6.45) is 6.68. The van der Waals surface area contributed by atoms with Crippen LogP contribution in [-0.2, 0) is 16.0 Å². The third-order valence-corrected chi connectivity index (χ3v) is 9.06. The van der Waals surface area contributed by atoms with Crippen molar-refractivity contribution in [2.24, 2.45) is 23.2 Å². The van der Waals surface area contributed by atoms with Crippen molar-refractivity contribution >= 4 is 5.97 Å². The van der Waals surface area contributed by atoms with Gasteiger partial charge in [-0.3, -0.25) is 9.69 Å². The van der Waals surface area contributed by atoms with E-state index < -0.39 is 0 Å². The van der Waals surface area contributed by atoms with Crippen LogP contribution in [0.15, 0.2) is 24.3 Å². The summed E-state index contributed by atoms with van der Waals surface area (Å²) in [5.41, 5.74) is 4.23. The van der Waals surface area contributed by atoms with Gasteiger partial charge in [-0.25, -0.2) is 0 Å². The third-order valence-electron chi connectivity index (χ3n) is 9.06. The minimum Gasteiger partial charge on any atom is -0.493 e. The molecule has 4 aliphatic rings. The number of carbonyl (C=O) groups is 1. The number of ether oxygens (including phenoxy) is 3. The van der Waals surface area contributed by atoms with E-state index in [-0.39, 0.29) is 29.4 Å². The van der Waals surface area contributed by atoms with Crippen molar-refractivity contribution in [2.75, 3.05) is 27.3 Å². The molecule has 0 radical (unpaired) electrons. The number of methoxy groups -OCH3 is 2. The van der Waals surface area contributed by atoms with Crippen LogP contribution < -0.4 is 9.47 Å². The molecule has 5 heteroatoms. The third kappa shape index (κ3) is 3.44. The Morgan fingerprint density at radius 1 is 1.22 bits per heavy atom. The molecular weight excluding hydrogens is 402 g/mol. The Kier molecular flexibility index (Phi) is 5.51. The first-order valence-electron chi connectivity index (χ1n) is 12.2. The molecule has 5 rings (SSSR count). The second-order valence-corrected chi connectivity index (χ2v) is 10.7. The normalized spacial score (nSPS) is 36.7. The van der Waals surface area contributed by atoms with Crippen molar-refractivity contribution in [1.82, 2.24) is 4.90 Å². The van der Waals surface area contributed by atoms with E-state index >= 15 is 0 Å². The molecule has 0 aromatic heterocycles. The molecule has 32 heavy (non-hydrogen) atoms. The van der Waals surface area contributed by atoms with Gasteiger partial charge in [-0.2, -0.15) is 0 Å². The van der Waals surface area contributed by atoms with Crippen molar-refractivity contribution in [3.05, 3.63) is 35.4 Å². The molecule has 1 aromatic carbocycles. The number of esters is 1. The van der Waals surface area contributed by atoms with E-state index in [1.165, 1.54) is 29.5 Å². The molecule has 3 fully saturated rings. The maximum absolute atomic E-state index is 13.0. The predicted octanol–water partition coefficient (Wildman–Crippen LogP) is 4.94. The Morgan fingerprint density at radius 3 is 2.72 bits per heavy atom. The van der Waals surface area contributed by atoms with E-state index in [4.69, 9.17) is 14.2 Å². The van der Waals surface area contributed by atoms with Gasteiger partial charge in [-0.05, 0) is 80.0 Å². The number of hydrogen-bond donors (Lipinski definition) is 0. The number of fused-ring (bicyclic) bond motifs is 3. The lowest BCUT2D eigenvalue weighted by molar-refractivity contribution is -0.146. The summed E-state index contributed by atoms with van der Waals surface area (Å²) in [7, 11) is 3.36. The van der Waals surface area contributed by atoms with Gasteiger partial charge in [0.1, 0.15) is 6.10 Å². The fourth-order valence-corrected chi connectivity index (χ4v) is 7.16. The zero-order valence-corrected chi connectivity index (χ0v) is 20.0. The molecular formula is C27H37NO4. The highest BCUT2D eigenvalue weighted by Gasteiger charge is 2.55. The first-order chi connectivity index (χ1) is 15.3. The number of benzene rings is 1. The van der Waals surface area contributed by atoms with Crippen molar-refractivity contribution in [1.29, 1.82) is 0 Å². The average molecular weight is 440 g/mol. The summed E-state index contributed by atoms with van der Waals surface area (Å²) in [5.74, 6) is 2.37. The van der Waals surface area contributed by atoms with Gasteiger partial charge in [-0.1, -0.05) is 19.1 Å². The van der Waals surface area contributed by atoms with E-state index in [0.717, 1.165) is 50.3 Å². The monoisotopic (exact) mass is 439 g/mol. The van der Waals surface area contributed by atoms with E-state index in [1.807, 2.05) is 0 Å². The van der Waals surface area contributed by atoms with Gasteiger partial charge in [0, 0.05) is 25.0 Å². The molecule has 0 bridgehead atoms. The summed E-state index contributed by atoms with van der Waals surface area (Å²) in [5, 5.41) is 0. The molecule has 1 saturated heterocycles. The zero-order chi connectivity index (χ0) is 22.6. The van der Waals surface area contributed by atoms with Gasteiger partial charge in [0.2, 0.25) is 0 Å². The summed E-state index contributed by atoms with van der Waals surface area (Å²) >= 11 is 0. The first kappa shape index (κ1) is 21.8. The lowest BCUT2D eigenvalue weighted by Gasteiger charge is -2.50. The Bertz CT molecular complexity index is 926. The van der Waals surface area contributed by atoms with E-state index in [1.54, 1.807) is 14.2 Å². The van der Waals surface area contributed by atoms with Gasteiger partial charge in [0.05, 0.1) is 20.1 Å². The SMILES string of the molecule is C=C1CCC[C@]2(C)C[C@H]3OC(=O)[C@H](CN4CCc5cc(OC)c(OC)cc5[C@@H]4C)[C@H]3C[C@H]12. The minimum atomic E-state index is -0.0385. The van der Waals surface area contributed by atoms with Gasteiger partial charge < -0.3 is 14.2 Å². The van der Waals surface area contributed by atoms with Crippen LogP contribution >= 0.6 is 0 Å². The Morgan fingerprint density at radius 2 is 1.97 bits per heavy atom. The number of carbonyl (C=O) groups excluding carboxylic acids is 1. The van der Waals surface area contributed by atoms with E-state index in [2.05, 4.69) is 37.5 Å². The van der Waals surface area contributed by atoms with Crippen LogP contribution in [0.2, 0.25) is 0 Å². The Balaban J connectivity index is 1.35. The number of hydrogen-bond acceptors (Lipinski definition) is 5. The summed E-state index contributed by atoms with van der Waals surface area (Å²) in [6.45, 7) is 10.8. The van der Waals surface area contributed by atoms with Crippen LogP contribution in [0.3, 0.4) is 0 Å². The number of allylic oxidation sites excluding steroid dienone is 1. The summed E-state index contributed by atoms with van der Waals surface area (Å²) in [6, 6.07) is 4.45. The van der Waals surface area contributed by atoms with Crippen molar-refractivity contribution in [3.63, 3.8) is 0 Å². The molecule has 2 heterocycles. The quantitative estimate of drug-likeness (QED) is 0.491. The highest BCUT2D eigenvalue weighted by molar-refractivity contribution is 5.75. The highest BCUT2D eigenvalue weighted by atomic mass is 16.6. The summed E-state index contributed by atoms with van der Waals surface area (Å²) in [4.78, 5) is 15.5. The Hall–Kier alpha value is -2.01. The maximum atomic E-state index is 13.0. The fraction of sp³-hybridized carbons (Fsp3) is 0.667. The second kappa shape index (κ2) is 8.09. The van der Waals surface area contributed by atoms with Crippen molar-refractivity contribution in [2.45, 2.75) is 64.5 Å². The molecule has 1 aromatic rings. The lowest BCUT2D eigenvalue weighted by atomic mass is 9.55. The highest BCUT2D eigenvalue weighted by Crippen LogP contribution is 2.57. The predicted molar refractivity (Wildman–Crippen MR) is 124 cm³/mol. The lowest BCUT2D eigenvalue weighted by Crippen LogP contribution is -2.46. The molecule has 0 N–H and O–H groups in total. The van der Waals surface area contributed by atoms with Gasteiger partial charge >= 0.3 is 5.97 Å². The molecule has 2 aliphatic heterocycles. The van der Waals surface area contributed by atoms with Crippen LogP contribution in [0.4, 0.5) is 0 Å². The Labute approximate surface area is 192 Å². The minimum absolute atomic E-state index is 0.0122. The topological polar surface area (TPSA) is 48.0 Å². The average Bonchev–Trinajstić information content (AvgIpc) is 3.06. The van der Waals surface area contributed by atoms with Crippen LogP contribution in [0, 0.1) is 23.2 Å². The maximum Gasteiger partial charge on any atom is 0.310 e. The standard InChI is InChI=1S/C27H37NO4/c1-16-7-6-9-27(3)14-25-20(12-22(16)27)21(26(29)32-25)15-28-10-8-18-11-23(30-4)24(31-5)13-19(18)17(28)2/h11,13,17,20-22,25H,1,6-10,12,14-15H2,2-5H3/t17-,20+,21+,22+,25+,27+/m0/s1. The second-order valence-electron chi connectivity index (χ2n) is 10.7. The molecule has 2 saturated carbocycles. The van der Waals surface area contributed by atoms with E-state index in [9.17, 15) is 4.79 Å². The smallest absolute Gasteiger partial charge is 0.310 e. The van der Waals surface area contributed by atoms with Gasteiger partial charge in [0.15, 0.2) is 11.5 Å². The summed E-state index contributed by atoms with van der Waals surface area (Å²) < 4.78 is 17.1. The molecule has 5 nitrogen and oxygen atoms in total. The van der Waals surface area contributed by atoms with Crippen molar-refractivity contribution in [3.8, 4) is 11.5 Å².